The van der Waals surface area contributed by atoms with E-state index in [0.717, 1.165) is 0 Å². The van der Waals surface area contributed by atoms with Crippen molar-refractivity contribution in [3.05, 3.63) is 0 Å². The zero-order valence-corrected chi connectivity index (χ0v) is 15.8. The van der Waals surface area contributed by atoms with Crippen molar-refractivity contribution in [1.82, 2.24) is 0 Å². The molecule has 0 spiro atoms. The minimum atomic E-state index is -6.33. The van der Waals surface area contributed by atoms with Gasteiger partial charge in [-0.1, -0.05) is 0 Å². The summed E-state index contributed by atoms with van der Waals surface area (Å²) in [4.78, 5) is 24.6. The van der Waals surface area contributed by atoms with Crippen LogP contribution in [0.3, 0.4) is 0 Å². The molecule has 2 aliphatic heterocycles. The number of hydrogen-bond acceptors (Lipinski definition) is 6. The summed E-state index contributed by atoms with van der Waals surface area (Å²) < 4.78 is 106. The first-order chi connectivity index (χ1) is 13.2. The molecule has 5 atom stereocenters. The van der Waals surface area contributed by atoms with Crippen molar-refractivity contribution in [2.45, 2.75) is 56.1 Å². The van der Waals surface area contributed by atoms with Crippen molar-refractivity contribution in [3.8, 4) is 0 Å². The Bertz CT molecular complexity index is 796. The van der Waals surface area contributed by atoms with E-state index in [1.165, 1.54) is 0 Å². The van der Waals surface area contributed by atoms with Gasteiger partial charge in [0.15, 0.2) is 0 Å². The van der Waals surface area contributed by atoms with E-state index in [0.29, 0.717) is 19.3 Å². The van der Waals surface area contributed by atoms with Gasteiger partial charge in [0.25, 0.3) is 0 Å². The van der Waals surface area contributed by atoms with Gasteiger partial charge in [-0.2, -0.15) is 30.4 Å². The second-order valence-electron chi connectivity index (χ2n) is 8.04. The molecule has 4 bridgehead atoms. The van der Waals surface area contributed by atoms with Crippen LogP contribution in [0.15, 0.2) is 0 Å². The zero-order valence-electron chi connectivity index (χ0n) is 15.0. The Morgan fingerprint density at radius 1 is 1.21 bits per heavy atom. The largest absolute Gasteiger partial charge is 0.465 e. The van der Waals surface area contributed by atoms with Crippen molar-refractivity contribution in [2.24, 2.45) is 23.2 Å². The van der Waals surface area contributed by atoms with Crippen LogP contribution in [0.4, 0.5) is 22.0 Å². The van der Waals surface area contributed by atoms with Crippen molar-refractivity contribution >= 4 is 22.1 Å². The standard InChI is InChI=1S/C16H19F5O7S/c17-15(18,19)11(16(20,21)29(24,25)26)1-2-27-13(23)14-5-8-3-9(6-14)12(22)28-10(4-8)7-14/h8-11H,1-7H2,(H,24,25,26). The first-order valence-corrected chi connectivity index (χ1v) is 10.4. The molecule has 5 unspecified atom stereocenters. The second-order valence-corrected chi connectivity index (χ2v) is 9.54. The number of halogens is 5. The molecule has 2 aliphatic carbocycles. The molecule has 0 amide bonds. The summed E-state index contributed by atoms with van der Waals surface area (Å²) >= 11 is 0. The average Bonchev–Trinajstić information content (AvgIpc) is 2.70. The quantitative estimate of drug-likeness (QED) is 0.377. The molecule has 29 heavy (non-hydrogen) atoms. The third-order valence-electron chi connectivity index (χ3n) is 5.98. The number of carbonyl (C=O) groups is 2. The minimum Gasteiger partial charge on any atom is -0.465 e. The second kappa shape index (κ2) is 7.03. The van der Waals surface area contributed by atoms with E-state index in [1.807, 2.05) is 0 Å². The van der Waals surface area contributed by atoms with Crippen LogP contribution in [-0.2, 0) is 29.2 Å². The molecule has 0 aromatic carbocycles. The number of rotatable bonds is 6. The highest BCUT2D eigenvalue weighted by Crippen LogP contribution is 2.55. The summed E-state index contributed by atoms with van der Waals surface area (Å²) in [5.41, 5.74) is -1.14. The molecule has 4 fully saturated rings. The summed E-state index contributed by atoms with van der Waals surface area (Å²) in [6.07, 6.45) is -5.98. The molecule has 2 saturated carbocycles. The summed E-state index contributed by atoms with van der Waals surface area (Å²) in [5.74, 6) is -5.61. The third-order valence-corrected chi connectivity index (χ3v) is 6.95. The van der Waals surface area contributed by atoms with Gasteiger partial charge in [0.2, 0.25) is 0 Å². The molecular weight excluding hydrogens is 431 g/mol. The SMILES string of the molecule is O=C1OC2CC3CC1CC(C(=O)OCCC(C(F)(F)F)C(F)(F)S(=O)(=O)O)(C3)C2. The van der Waals surface area contributed by atoms with E-state index in [1.54, 1.807) is 0 Å². The summed E-state index contributed by atoms with van der Waals surface area (Å²) in [7, 11) is -6.33. The fourth-order valence-electron chi connectivity index (χ4n) is 4.82. The fourth-order valence-corrected chi connectivity index (χ4v) is 5.43. The lowest BCUT2D eigenvalue weighted by Crippen LogP contribution is -2.47. The predicted octanol–water partition coefficient (Wildman–Crippen LogP) is 2.70. The average molecular weight is 450 g/mol. The highest BCUT2D eigenvalue weighted by molar-refractivity contribution is 7.86. The van der Waals surface area contributed by atoms with Crippen LogP contribution in [-0.4, -0.2) is 49.1 Å². The summed E-state index contributed by atoms with van der Waals surface area (Å²) in [6.45, 7) is -1.12. The molecule has 4 rings (SSSR count). The Balaban J connectivity index is 1.69. The third kappa shape index (κ3) is 4.07. The van der Waals surface area contributed by atoms with Gasteiger partial charge >= 0.3 is 33.5 Å². The zero-order chi connectivity index (χ0) is 21.8. The summed E-state index contributed by atoms with van der Waals surface area (Å²) in [6, 6.07) is 0. The fraction of sp³-hybridized carbons (Fsp3) is 0.875. The smallest absolute Gasteiger partial charge is 0.398 e. The van der Waals surface area contributed by atoms with Gasteiger partial charge in [0.1, 0.15) is 12.0 Å². The molecule has 2 heterocycles. The van der Waals surface area contributed by atoms with E-state index >= 15 is 0 Å². The Labute approximate surface area is 162 Å². The molecular formula is C16H19F5O7S. The van der Waals surface area contributed by atoms with Crippen molar-refractivity contribution in [1.29, 1.82) is 0 Å². The maximum Gasteiger partial charge on any atom is 0.398 e. The molecule has 1 N–H and O–H groups in total. The first-order valence-electron chi connectivity index (χ1n) is 8.95. The molecule has 13 heteroatoms. The van der Waals surface area contributed by atoms with Gasteiger partial charge in [-0.15, -0.1) is 0 Å². The van der Waals surface area contributed by atoms with E-state index in [4.69, 9.17) is 14.0 Å². The van der Waals surface area contributed by atoms with Gasteiger partial charge in [0, 0.05) is 12.8 Å². The van der Waals surface area contributed by atoms with Gasteiger partial charge in [0.05, 0.1) is 17.9 Å². The summed E-state index contributed by atoms with van der Waals surface area (Å²) in [5, 5.41) is -5.49. The van der Waals surface area contributed by atoms with E-state index in [-0.39, 0.29) is 18.8 Å². The maximum atomic E-state index is 13.6. The van der Waals surface area contributed by atoms with Crippen LogP contribution in [0.5, 0.6) is 0 Å². The predicted molar refractivity (Wildman–Crippen MR) is 84.0 cm³/mol. The monoisotopic (exact) mass is 450 g/mol. The lowest BCUT2D eigenvalue weighted by molar-refractivity contribution is -0.224. The van der Waals surface area contributed by atoms with E-state index in [2.05, 4.69) is 0 Å². The van der Waals surface area contributed by atoms with Gasteiger partial charge in [-0.05, 0) is 31.6 Å². The van der Waals surface area contributed by atoms with E-state index < -0.39 is 69.9 Å². The van der Waals surface area contributed by atoms with Crippen LogP contribution >= 0.6 is 0 Å². The normalized spacial score (nSPS) is 33.2. The Hall–Kier alpha value is -1.50. The van der Waals surface area contributed by atoms with Crippen LogP contribution in [0.25, 0.3) is 0 Å². The van der Waals surface area contributed by atoms with Crippen LogP contribution in [0.1, 0.15) is 38.5 Å². The maximum absolute atomic E-state index is 13.6. The van der Waals surface area contributed by atoms with Gasteiger partial charge in [-0.3, -0.25) is 14.1 Å². The Morgan fingerprint density at radius 3 is 2.45 bits per heavy atom. The highest BCUT2D eigenvalue weighted by atomic mass is 32.2. The number of alkyl halides is 5. The molecule has 4 aliphatic rings. The molecule has 0 aromatic rings. The van der Waals surface area contributed by atoms with E-state index in [9.17, 15) is 40.0 Å². The molecule has 2 saturated heterocycles. The molecule has 166 valence electrons. The van der Waals surface area contributed by atoms with Crippen molar-refractivity contribution < 1.29 is 54.0 Å². The Kier molecular flexibility index (Phi) is 5.38. The molecule has 0 radical (unpaired) electrons. The van der Waals surface area contributed by atoms with Crippen LogP contribution in [0, 0.1) is 23.2 Å². The van der Waals surface area contributed by atoms with Crippen LogP contribution < -0.4 is 0 Å². The Morgan fingerprint density at radius 2 is 1.86 bits per heavy atom. The molecule has 0 aromatic heterocycles. The van der Waals surface area contributed by atoms with Gasteiger partial charge < -0.3 is 9.47 Å². The molecule has 7 nitrogen and oxygen atoms in total. The van der Waals surface area contributed by atoms with Gasteiger partial charge in [-0.25, -0.2) is 0 Å². The highest BCUT2D eigenvalue weighted by Gasteiger charge is 2.63. The first kappa shape index (κ1) is 22.2. The number of hydrogen-bond donors (Lipinski definition) is 1. The topological polar surface area (TPSA) is 107 Å². The lowest BCUT2D eigenvalue weighted by atomic mass is 9.59. The minimum absolute atomic E-state index is 0.0123. The van der Waals surface area contributed by atoms with Crippen LogP contribution in [0.2, 0.25) is 0 Å². The lowest BCUT2D eigenvalue weighted by Gasteiger charge is -2.44. The number of fused-ring (bicyclic) bond motifs is 1. The van der Waals surface area contributed by atoms with Crippen molar-refractivity contribution in [3.63, 3.8) is 0 Å². The van der Waals surface area contributed by atoms with Crippen molar-refractivity contribution in [2.75, 3.05) is 6.61 Å². The number of carbonyl (C=O) groups excluding carboxylic acids is 2. The number of ether oxygens (including phenoxy) is 2. The number of esters is 2.